The van der Waals surface area contributed by atoms with Gasteiger partial charge in [-0.1, -0.05) is 0 Å². The SMILES string of the molecule is CC(C)(C)OC(=O)C1=CC=CON1. The molecule has 72 valence electrons. The molecule has 0 unspecified atom stereocenters. The van der Waals surface area contributed by atoms with E-state index in [0.29, 0.717) is 5.70 Å². The first-order chi connectivity index (χ1) is 5.99. The van der Waals surface area contributed by atoms with Gasteiger partial charge >= 0.3 is 5.97 Å². The van der Waals surface area contributed by atoms with Crippen molar-refractivity contribution < 1.29 is 14.4 Å². The highest BCUT2D eigenvalue weighted by molar-refractivity contribution is 5.88. The van der Waals surface area contributed by atoms with Crippen LogP contribution in [0.15, 0.2) is 24.1 Å². The predicted octanol–water partition coefficient (Wildman–Crippen LogP) is 1.26. The molecule has 1 N–H and O–H groups in total. The lowest BCUT2D eigenvalue weighted by atomic mass is 10.2. The normalized spacial score (nSPS) is 15.5. The average molecular weight is 183 g/mol. The minimum atomic E-state index is -0.485. The topological polar surface area (TPSA) is 47.6 Å². The van der Waals surface area contributed by atoms with E-state index in [0.717, 1.165) is 0 Å². The van der Waals surface area contributed by atoms with Crippen molar-refractivity contribution in [2.24, 2.45) is 0 Å². The summed E-state index contributed by atoms with van der Waals surface area (Å²) in [5.74, 6) is -0.420. The zero-order valence-corrected chi connectivity index (χ0v) is 7.96. The zero-order chi connectivity index (χ0) is 9.90. The van der Waals surface area contributed by atoms with Crippen molar-refractivity contribution in [3.05, 3.63) is 24.1 Å². The van der Waals surface area contributed by atoms with E-state index in [4.69, 9.17) is 9.57 Å². The second kappa shape index (κ2) is 3.51. The van der Waals surface area contributed by atoms with Crippen LogP contribution in [0, 0.1) is 0 Å². The molecular weight excluding hydrogens is 170 g/mol. The van der Waals surface area contributed by atoms with E-state index in [1.807, 2.05) is 20.8 Å². The first-order valence-corrected chi connectivity index (χ1v) is 4.01. The highest BCUT2D eigenvalue weighted by Crippen LogP contribution is 2.10. The molecule has 0 aromatic heterocycles. The van der Waals surface area contributed by atoms with Gasteiger partial charge in [0.25, 0.3) is 0 Å². The number of esters is 1. The maximum atomic E-state index is 11.3. The van der Waals surface area contributed by atoms with Gasteiger partial charge in [0.1, 0.15) is 11.9 Å². The minimum Gasteiger partial charge on any atom is -0.455 e. The molecule has 1 aliphatic rings. The number of rotatable bonds is 1. The van der Waals surface area contributed by atoms with E-state index in [1.54, 1.807) is 12.2 Å². The molecule has 4 nitrogen and oxygen atoms in total. The summed E-state index contributed by atoms with van der Waals surface area (Å²) in [6.45, 7) is 5.43. The summed E-state index contributed by atoms with van der Waals surface area (Å²) in [6.07, 6.45) is 4.65. The fourth-order valence-corrected chi connectivity index (χ4v) is 0.749. The fraction of sp³-hybridized carbons (Fsp3) is 0.444. The van der Waals surface area contributed by atoms with Crippen LogP contribution >= 0.6 is 0 Å². The molecular formula is C9H13NO3. The van der Waals surface area contributed by atoms with E-state index in [2.05, 4.69) is 5.48 Å². The number of hydroxylamine groups is 1. The number of carbonyl (C=O) groups is 1. The van der Waals surface area contributed by atoms with Crippen LogP contribution in [-0.2, 0) is 14.4 Å². The first kappa shape index (κ1) is 9.64. The van der Waals surface area contributed by atoms with Gasteiger partial charge in [-0.2, -0.15) is 0 Å². The van der Waals surface area contributed by atoms with Crippen LogP contribution in [0.3, 0.4) is 0 Å². The molecule has 4 heteroatoms. The summed E-state index contributed by atoms with van der Waals surface area (Å²) in [5.41, 5.74) is 2.26. The minimum absolute atomic E-state index is 0.303. The Morgan fingerprint density at radius 2 is 2.23 bits per heavy atom. The van der Waals surface area contributed by atoms with Crippen LogP contribution in [0.2, 0.25) is 0 Å². The van der Waals surface area contributed by atoms with Crippen molar-refractivity contribution >= 4 is 5.97 Å². The van der Waals surface area contributed by atoms with E-state index in [9.17, 15) is 4.79 Å². The van der Waals surface area contributed by atoms with Crippen molar-refractivity contribution in [1.29, 1.82) is 0 Å². The molecule has 0 saturated carbocycles. The molecule has 0 aromatic carbocycles. The van der Waals surface area contributed by atoms with E-state index in [1.165, 1.54) is 6.26 Å². The number of allylic oxidation sites excluding steroid dienone is 2. The lowest BCUT2D eigenvalue weighted by molar-refractivity contribution is -0.151. The molecule has 1 rings (SSSR count). The van der Waals surface area contributed by atoms with Crippen LogP contribution in [0.4, 0.5) is 0 Å². The summed E-state index contributed by atoms with van der Waals surface area (Å²) >= 11 is 0. The highest BCUT2D eigenvalue weighted by Gasteiger charge is 2.20. The molecule has 1 heterocycles. The van der Waals surface area contributed by atoms with Crippen molar-refractivity contribution in [3.63, 3.8) is 0 Å². The summed E-state index contributed by atoms with van der Waals surface area (Å²) in [6, 6.07) is 0. The van der Waals surface area contributed by atoms with Crippen molar-refractivity contribution in [2.75, 3.05) is 0 Å². The van der Waals surface area contributed by atoms with E-state index >= 15 is 0 Å². The van der Waals surface area contributed by atoms with Gasteiger partial charge in [-0.05, 0) is 32.9 Å². The summed E-state index contributed by atoms with van der Waals surface area (Å²) in [7, 11) is 0. The van der Waals surface area contributed by atoms with Gasteiger partial charge in [-0.15, -0.1) is 0 Å². The van der Waals surface area contributed by atoms with Crippen LogP contribution in [0.25, 0.3) is 0 Å². The molecule has 0 radical (unpaired) electrons. The molecule has 1 aliphatic heterocycles. The average Bonchev–Trinajstić information content (AvgIpc) is 2.03. The third-order valence-electron chi connectivity index (χ3n) is 1.20. The smallest absolute Gasteiger partial charge is 0.358 e. The second-order valence-electron chi connectivity index (χ2n) is 3.63. The number of hydrogen-bond acceptors (Lipinski definition) is 4. The van der Waals surface area contributed by atoms with Crippen LogP contribution in [0.1, 0.15) is 20.8 Å². The number of hydrogen-bond donors (Lipinski definition) is 1. The molecule has 0 saturated heterocycles. The predicted molar refractivity (Wildman–Crippen MR) is 47.3 cm³/mol. The monoisotopic (exact) mass is 183 g/mol. The number of nitrogens with one attached hydrogen (secondary N) is 1. The number of carbonyl (C=O) groups excluding carboxylic acids is 1. The summed E-state index contributed by atoms with van der Waals surface area (Å²) in [5, 5.41) is 0. The Kier molecular flexibility index (Phi) is 2.60. The van der Waals surface area contributed by atoms with Crippen molar-refractivity contribution in [1.82, 2.24) is 5.48 Å². The van der Waals surface area contributed by atoms with Gasteiger partial charge in [-0.3, -0.25) is 0 Å². The maximum Gasteiger partial charge on any atom is 0.358 e. The molecule has 0 spiro atoms. The Labute approximate surface area is 77.2 Å². The Balaban J connectivity index is 2.58. The van der Waals surface area contributed by atoms with Gasteiger partial charge in [0.15, 0.2) is 5.70 Å². The van der Waals surface area contributed by atoms with E-state index in [-0.39, 0.29) is 0 Å². The van der Waals surface area contributed by atoms with Crippen LogP contribution in [0.5, 0.6) is 0 Å². The standard InChI is InChI=1S/C9H13NO3/c1-9(2,3)13-8(11)7-5-4-6-12-10-7/h4-6,10H,1-3H3. The summed E-state index contributed by atoms with van der Waals surface area (Å²) in [4.78, 5) is 16.1. The van der Waals surface area contributed by atoms with Crippen LogP contribution in [-0.4, -0.2) is 11.6 Å². The lowest BCUT2D eigenvalue weighted by Gasteiger charge is -2.21. The summed E-state index contributed by atoms with van der Waals surface area (Å²) < 4.78 is 5.09. The quantitative estimate of drug-likeness (QED) is 0.622. The Hall–Kier alpha value is -1.45. The van der Waals surface area contributed by atoms with Crippen LogP contribution < -0.4 is 5.48 Å². The van der Waals surface area contributed by atoms with Gasteiger partial charge in [0.2, 0.25) is 0 Å². The largest absolute Gasteiger partial charge is 0.455 e. The Bertz CT molecular complexity index is 261. The number of ether oxygens (including phenoxy) is 1. The lowest BCUT2D eigenvalue weighted by Crippen LogP contribution is -2.30. The molecule has 0 atom stereocenters. The van der Waals surface area contributed by atoms with Gasteiger partial charge in [-0.25, -0.2) is 10.3 Å². The molecule has 0 amide bonds. The molecule has 0 fully saturated rings. The highest BCUT2D eigenvalue weighted by atomic mass is 16.6. The first-order valence-electron chi connectivity index (χ1n) is 4.01. The zero-order valence-electron chi connectivity index (χ0n) is 7.96. The molecule has 0 bridgehead atoms. The third-order valence-corrected chi connectivity index (χ3v) is 1.20. The molecule has 0 aromatic rings. The van der Waals surface area contributed by atoms with Gasteiger partial charge < -0.3 is 9.57 Å². The molecule has 13 heavy (non-hydrogen) atoms. The Morgan fingerprint density at radius 1 is 1.54 bits per heavy atom. The fourth-order valence-electron chi connectivity index (χ4n) is 0.749. The Morgan fingerprint density at radius 3 is 2.69 bits per heavy atom. The van der Waals surface area contributed by atoms with Crippen molar-refractivity contribution in [3.8, 4) is 0 Å². The third kappa shape index (κ3) is 3.19. The van der Waals surface area contributed by atoms with Crippen molar-refractivity contribution in [2.45, 2.75) is 26.4 Å². The maximum absolute atomic E-state index is 11.3. The second-order valence-corrected chi connectivity index (χ2v) is 3.63. The van der Waals surface area contributed by atoms with Gasteiger partial charge in [0.05, 0.1) is 0 Å². The molecule has 0 aliphatic carbocycles. The van der Waals surface area contributed by atoms with E-state index < -0.39 is 11.6 Å². The van der Waals surface area contributed by atoms with Gasteiger partial charge in [0, 0.05) is 0 Å².